The number of rotatable bonds is 5. The van der Waals surface area contributed by atoms with Crippen LogP contribution in [-0.4, -0.2) is 48.3 Å². The van der Waals surface area contributed by atoms with E-state index in [1.54, 1.807) is 0 Å². The summed E-state index contributed by atoms with van der Waals surface area (Å²) in [6, 6.07) is 28.9. The molecule has 0 spiro atoms. The molecule has 0 aromatic heterocycles. The fourth-order valence-corrected chi connectivity index (χ4v) is 4.83. The van der Waals surface area contributed by atoms with Gasteiger partial charge >= 0.3 is 5.97 Å². The Morgan fingerprint density at radius 3 is 2.26 bits per heavy atom. The summed E-state index contributed by atoms with van der Waals surface area (Å²) in [5, 5.41) is 6.90. The number of fused-ring (bicyclic) bond motifs is 1. The van der Waals surface area contributed by atoms with E-state index in [4.69, 9.17) is 9.84 Å². The number of amidine groups is 1. The topological polar surface area (TPSA) is 48.4 Å². The van der Waals surface area contributed by atoms with Crippen LogP contribution in [0.3, 0.4) is 0 Å². The lowest BCUT2D eigenvalue weighted by Crippen LogP contribution is -2.53. The third-order valence-electron chi connectivity index (χ3n) is 6.60. The molecule has 2 aliphatic rings. The molecule has 3 aromatic carbocycles. The zero-order chi connectivity index (χ0) is 24.4. The summed E-state index contributed by atoms with van der Waals surface area (Å²) in [7, 11) is 2.09. The number of benzene rings is 3. The number of anilines is 1. The quantitative estimate of drug-likeness (QED) is 0.504. The molecule has 0 fully saturated rings. The van der Waals surface area contributed by atoms with Crippen LogP contribution in [0.4, 0.5) is 5.69 Å². The van der Waals surface area contributed by atoms with Gasteiger partial charge in [-0.2, -0.15) is 0 Å². The highest BCUT2D eigenvalue weighted by molar-refractivity contribution is 6.36. The van der Waals surface area contributed by atoms with Crippen molar-refractivity contribution in [3.05, 3.63) is 108 Å². The smallest absolute Gasteiger partial charge is 0.376 e. The van der Waals surface area contributed by atoms with Gasteiger partial charge in [-0.05, 0) is 37.6 Å². The summed E-state index contributed by atoms with van der Waals surface area (Å²) in [4.78, 5) is 17.5. The van der Waals surface area contributed by atoms with Crippen molar-refractivity contribution >= 4 is 23.2 Å². The number of carbonyl (C=O) groups is 1. The number of hydrogen-bond acceptors (Lipinski definition) is 6. The molecule has 35 heavy (non-hydrogen) atoms. The number of ether oxygens (including phenoxy) is 1. The monoisotopic (exact) mass is 466 g/mol. The van der Waals surface area contributed by atoms with Crippen LogP contribution in [0.25, 0.3) is 5.70 Å². The molecule has 2 aliphatic heterocycles. The molecular weight excluding hydrogens is 436 g/mol. The van der Waals surface area contributed by atoms with Gasteiger partial charge < -0.3 is 14.5 Å². The first kappa shape index (κ1) is 22.7. The van der Waals surface area contributed by atoms with E-state index in [0.29, 0.717) is 19.0 Å². The fourth-order valence-electron chi connectivity index (χ4n) is 4.83. The summed E-state index contributed by atoms with van der Waals surface area (Å²) < 4.78 is 5.47. The van der Waals surface area contributed by atoms with Gasteiger partial charge in [0.1, 0.15) is 0 Å². The number of likely N-dealkylation sites (N-methyl/N-ethyl adjacent to an activating group) is 1. The molecular formula is C29H30N4O2. The normalized spacial score (nSPS) is 19.6. The maximum absolute atomic E-state index is 13.2. The largest absolute Gasteiger partial charge is 0.460 e. The van der Waals surface area contributed by atoms with Crippen LogP contribution < -0.4 is 5.01 Å². The fraction of sp³-hybridized carbons (Fsp3) is 0.241. The number of nitrogens with zero attached hydrogens (tertiary/aromatic N) is 4. The SMILES string of the molecule is CCOC(=O)C1=NN(c2ccc(C)cc2)[C@@]2(c3ccccc3)C=C(c3ccccc3)N(C)CCN12. The average Bonchev–Trinajstić information content (AvgIpc) is 3.14. The standard InChI is InChI=1S/C29H30N4O2/c1-4-35-28(34)27-30-33(25-17-15-22(2)16-18-25)29(24-13-9-6-10-14-24)21-26(23-11-7-5-8-12-23)31(3)19-20-32(27)29/h5-18,21H,4,19-20H2,1-3H3/t29-/m1/s1. The third-order valence-corrected chi connectivity index (χ3v) is 6.60. The lowest BCUT2D eigenvalue weighted by Gasteiger charge is -2.42. The van der Waals surface area contributed by atoms with Gasteiger partial charge in [0.15, 0.2) is 5.66 Å². The Morgan fingerprint density at radius 2 is 1.60 bits per heavy atom. The van der Waals surface area contributed by atoms with Gasteiger partial charge in [-0.25, -0.2) is 9.80 Å². The first-order chi connectivity index (χ1) is 17.0. The van der Waals surface area contributed by atoms with E-state index in [-0.39, 0.29) is 0 Å². The average molecular weight is 467 g/mol. The lowest BCUT2D eigenvalue weighted by atomic mass is 9.93. The van der Waals surface area contributed by atoms with Crippen molar-refractivity contribution in [2.24, 2.45) is 5.10 Å². The van der Waals surface area contributed by atoms with Gasteiger partial charge in [0, 0.05) is 31.4 Å². The van der Waals surface area contributed by atoms with Gasteiger partial charge in [0.2, 0.25) is 5.84 Å². The van der Waals surface area contributed by atoms with Crippen molar-refractivity contribution in [3.8, 4) is 0 Å². The maximum atomic E-state index is 13.2. The Kier molecular flexibility index (Phi) is 6.03. The number of carbonyl (C=O) groups excluding carboxylic acids is 1. The number of hydrazone groups is 1. The van der Waals surface area contributed by atoms with E-state index in [1.165, 1.54) is 0 Å². The Hall–Kier alpha value is -4.06. The summed E-state index contributed by atoms with van der Waals surface area (Å²) in [5.74, 6) is -0.100. The number of esters is 1. The molecule has 5 rings (SSSR count). The Labute approximate surface area is 206 Å². The summed E-state index contributed by atoms with van der Waals surface area (Å²) >= 11 is 0. The highest BCUT2D eigenvalue weighted by Crippen LogP contribution is 2.45. The number of hydrogen-bond donors (Lipinski definition) is 0. The molecule has 0 unspecified atom stereocenters. The van der Waals surface area contributed by atoms with E-state index in [9.17, 15) is 4.79 Å². The predicted molar refractivity (Wildman–Crippen MR) is 140 cm³/mol. The zero-order valence-corrected chi connectivity index (χ0v) is 20.4. The minimum absolute atomic E-state index is 0.291. The van der Waals surface area contributed by atoms with E-state index in [2.05, 4.69) is 90.5 Å². The molecule has 0 saturated carbocycles. The molecule has 178 valence electrons. The molecule has 1 atom stereocenters. The molecule has 0 radical (unpaired) electrons. The highest BCUT2D eigenvalue weighted by Gasteiger charge is 2.53. The van der Waals surface area contributed by atoms with Crippen molar-refractivity contribution in [2.45, 2.75) is 19.5 Å². The minimum Gasteiger partial charge on any atom is -0.460 e. The van der Waals surface area contributed by atoms with E-state index < -0.39 is 11.6 Å². The molecule has 6 nitrogen and oxygen atoms in total. The van der Waals surface area contributed by atoms with Gasteiger partial charge in [-0.1, -0.05) is 78.4 Å². The Balaban J connectivity index is 1.80. The maximum Gasteiger partial charge on any atom is 0.376 e. The first-order valence-electron chi connectivity index (χ1n) is 12.0. The molecule has 6 heteroatoms. The lowest BCUT2D eigenvalue weighted by molar-refractivity contribution is -0.136. The predicted octanol–water partition coefficient (Wildman–Crippen LogP) is 4.83. The second kappa shape index (κ2) is 9.29. The van der Waals surface area contributed by atoms with E-state index in [1.807, 2.05) is 36.2 Å². The first-order valence-corrected chi connectivity index (χ1v) is 12.0. The third kappa shape index (κ3) is 3.95. The Morgan fingerprint density at radius 1 is 0.943 bits per heavy atom. The molecule has 0 N–H and O–H groups in total. The van der Waals surface area contributed by atoms with Crippen LogP contribution in [0.1, 0.15) is 23.6 Å². The highest BCUT2D eigenvalue weighted by atomic mass is 16.5. The second-order valence-corrected chi connectivity index (χ2v) is 8.85. The molecule has 0 amide bonds. The van der Waals surface area contributed by atoms with Crippen LogP contribution in [0.5, 0.6) is 0 Å². The molecule has 2 heterocycles. The van der Waals surface area contributed by atoms with Crippen molar-refractivity contribution in [1.82, 2.24) is 9.80 Å². The Bertz CT molecular complexity index is 1250. The van der Waals surface area contributed by atoms with Gasteiger partial charge in [0.25, 0.3) is 0 Å². The minimum atomic E-state index is -0.853. The second-order valence-electron chi connectivity index (χ2n) is 8.85. The van der Waals surface area contributed by atoms with Crippen molar-refractivity contribution in [3.63, 3.8) is 0 Å². The summed E-state index contributed by atoms with van der Waals surface area (Å²) in [5.41, 5.74) is 4.42. The van der Waals surface area contributed by atoms with Gasteiger partial charge in [0.05, 0.1) is 12.3 Å². The number of aryl methyl sites for hydroxylation is 1. The molecule has 0 saturated heterocycles. The van der Waals surface area contributed by atoms with E-state index >= 15 is 0 Å². The van der Waals surface area contributed by atoms with Crippen LogP contribution in [-0.2, 0) is 15.2 Å². The van der Waals surface area contributed by atoms with Crippen LogP contribution in [0, 0.1) is 6.92 Å². The van der Waals surface area contributed by atoms with E-state index in [0.717, 1.165) is 34.6 Å². The zero-order valence-electron chi connectivity index (χ0n) is 20.4. The van der Waals surface area contributed by atoms with Crippen molar-refractivity contribution in [1.29, 1.82) is 0 Å². The summed E-state index contributed by atoms with van der Waals surface area (Å²) in [6.07, 6.45) is 2.24. The van der Waals surface area contributed by atoms with Crippen molar-refractivity contribution in [2.75, 3.05) is 31.8 Å². The molecule has 3 aromatic rings. The summed E-state index contributed by atoms with van der Waals surface area (Å²) in [6.45, 7) is 5.49. The molecule has 0 aliphatic carbocycles. The van der Waals surface area contributed by atoms with Gasteiger partial charge in [-0.15, -0.1) is 5.10 Å². The van der Waals surface area contributed by atoms with Crippen LogP contribution >= 0.6 is 0 Å². The van der Waals surface area contributed by atoms with Gasteiger partial charge in [-0.3, -0.25) is 0 Å². The van der Waals surface area contributed by atoms with Crippen molar-refractivity contribution < 1.29 is 9.53 Å². The molecule has 0 bridgehead atoms. The van der Waals surface area contributed by atoms with Crippen LogP contribution in [0.2, 0.25) is 0 Å². The van der Waals surface area contributed by atoms with Crippen LogP contribution in [0.15, 0.2) is 96.1 Å².